The summed E-state index contributed by atoms with van der Waals surface area (Å²) in [5.41, 5.74) is 4.30. The molecule has 4 rings (SSSR count). The first-order valence-electron chi connectivity index (χ1n) is 9.17. The van der Waals surface area contributed by atoms with Crippen molar-refractivity contribution in [2.45, 2.75) is 26.0 Å². The van der Waals surface area contributed by atoms with E-state index in [2.05, 4.69) is 30.9 Å². The Balaban J connectivity index is 1.64. The van der Waals surface area contributed by atoms with Crippen molar-refractivity contribution in [2.24, 2.45) is 0 Å². The summed E-state index contributed by atoms with van der Waals surface area (Å²) < 4.78 is 11.2. The maximum Gasteiger partial charge on any atom is 0.253 e. The van der Waals surface area contributed by atoms with Crippen molar-refractivity contribution in [3.8, 4) is 0 Å². The summed E-state index contributed by atoms with van der Waals surface area (Å²) in [6.45, 7) is 6.00. The number of halogens is 1. The van der Waals surface area contributed by atoms with Gasteiger partial charge in [-0.1, -0.05) is 23.7 Å². The lowest BCUT2D eigenvalue weighted by molar-refractivity contribution is -0.125. The second-order valence-electron chi connectivity index (χ2n) is 7.04. The molecule has 0 unspecified atom stereocenters. The lowest BCUT2D eigenvalue weighted by atomic mass is 9.98. The fraction of sp³-hybridized carbons (Fsp3) is 0.381. The van der Waals surface area contributed by atoms with Gasteiger partial charge in [0.05, 0.1) is 18.8 Å². The molecule has 2 fully saturated rings. The van der Waals surface area contributed by atoms with Gasteiger partial charge in [0, 0.05) is 22.9 Å². The first-order chi connectivity index (χ1) is 13.0. The predicted octanol–water partition coefficient (Wildman–Crippen LogP) is 3.94. The van der Waals surface area contributed by atoms with Crippen LogP contribution in [-0.2, 0) is 14.3 Å². The van der Waals surface area contributed by atoms with Gasteiger partial charge >= 0.3 is 0 Å². The van der Waals surface area contributed by atoms with Gasteiger partial charge in [0.15, 0.2) is 0 Å². The van der Waals surface area contributed by atoms with Crippen LogP contribution in [0, 0.1) is 6.92 Å². The Morgan fingerprint density at radius 1 is 1.15 bits per heavy atom. The summed E-state index contributed by atoms with van der Waals surface area (Å²) >= 11 is 6.03. The van der Waals surface area contributed by atoms with E-state index >= 15 is 0 Å². The molecule has 0 saturated carbocycles. The Kier molecular flexibility index (Phi) is 5.08. The number of benzene rings is 2. The lowest BCUT2D eigenvalue weighted by Gasteiger charge is -2.30. The molecule has 0 bridgehead atoms. The van der Waals surface area contributed by atoms with Crippen LogP contribution in [0.1, 0.15) is 24.1 Å². The summed E-state index contributed by atoms with van der Waals surface area (Å²) in [5.74, 6) is 0.0115. The third-order valence-electron chi connectivity index (χ3n) is 5.25. The average molecular weight is 387 g/mol. The SMILES string of the molecule is Cc1cc([C@@H]2[C@@H](C)OCN2c2ccc(Cl)cc2)ccc1N1CCOCC1=O. The van der Waals surface area contributed by atoms with Gasteiger partial charge in [0.2, 0.25) is 0 Å². The van der Waals surface area contributed by atoms with E-state index in [1.807, 2.05) is 35.2 Å². The zero-order valence-electron chi connectivity index (χ0n) is 15.5. The van der Waals surface area contributed by atoms with Crippen LogP contribution in [0.3, 0.4) is 0 Å². The number of morpholine rings is 1. The van der Waals surface area contributed by atoms with Crippen LogP contribution in [0.5, 0.6) is 0 Å². The highest BCUT2D eigenvalue weighted by molar-refractivity contribution is 6.30. The van der Waals surface area contributed by atoms with Gasteiger partial charge in [-0.15, -0.1) is 0 Å². The van der Waals surface area contributed by atoms with E-state index in [4.69, 9.17) is 21.1 Å². The fourth-order valence-electron chi connectivity index (χ4n) is 3.88. The van der Waals surface area contributed by atoms with Gasteiger partial charge in [-0.2, -0.15) is 0 Å². The number of ether oxygens (including phenoxy) is 2. The standard InChI is InChI=1S/C21H23ClN2O3/c1-14-11-16(3-8-19(14)23-9-10-26-12-20(23)25)21-15(2)27-13-24(21)18-6-4-17(22)5-7-18/h3-8,11,15,21H,9-10,12-13H2,1-2H3/t15-,21+/m1/s1. The number of aryl methyl sites for hydroxylation is 1. The zero-order valence-corrected chi connectivity index (χ0v) is 16.3. The Labute approximate surface area is 164 Å². The summed E-state index contributed by atoms with van der Waals surface area (Å²) in [7, 11) is 0. The van der Waals surface area contributed by atoms with E-state index in [-0.39, 0.29) is 24.7 Å². The molecule has 6 heteroatoms. The molecule has 5 nitrogen and oxygen atoms in total. The van der Waals surface area contributed by atoms with Gasteiger partial charge in [0.25, 0.3) is 5.91 Å². The van der Waals surface area contributed by atoms with E-state index in [1.165, 1.54) is 5.56 Å². The van der Waals surface area contributed by atoms with Crippen LogP contribution in [0.15, 0.2) is 42.5 Å². The Morgan fingerprint density at radius 3 is 2.63 bits per heavy atom. The smallest absolute Gasteiger partial charge is 0.253 e. The molecule has 0 spiro atoms. The number of carbonyl (C=O) groups is 1. The van der Waals surface area contributed by atoms with E-state index in [0.29, 0.717) is 19.9 Å². The zero-order chi connectivity index (χ0) is 19.0. The number of anilines is 2. The van der Waals surface area contributed by atoms with Crippen molar-refractivity contribution < 1.29 is 14.3 Å². The first kappa shape index (κ1) is 18.3. The molecule has 142 valence electrons. The van der Waals surface area contributed by atoms with Gasteiger partial charge in [-0.05, 0) is 55.3 Å². The molecule has 0 aliphatic carbocycles. The van der Waals surface area contributed by atoms with Crippen molar-refractivity contribution >= 4 is 28.9 Å². The third kappa shape index (κ3) is 3.55. The second kappa shape index (κ2) is 7.50. The van der Waals surface area contributed by atoms with E-state index in [9.17, 15) is 4.79 Å². The van der Waals surface area contributed by atoms with E-state index in [0.717, 1.165) is 22.0 Å². The number of rotatable bonds is 3. The Hall–Kier alpha value is -2.08. The van der Waals surface area contributed by atoms with E-state index < -0.39 is 0 Å². The Morgan fingerprint density at radius 2 is 1.93 bits per heavy atom. The van der Waals surface area contributed by atoms with Crippen LogP contribution >= 0.6 is 11.6 Å². The largest absolute Gasteiger partial charge is 0.370 e. The maximum atomic E-state index is 12.2. The fourth-order valence-corrected chi connectivity index (χ4v) is 4.01. The number of amides is 1. The highest BCUT2D eigenvalue weighted by Gasteiger charge is 2.34. The number of nitrogens with zero attached hydrogens (tertiary/aromatic N) is 2. The second-order valence-corrected chi connectivity index (χ2v) is 7.47. The highest BCUT2D eigenvalue weighted by atomic mass is 35.5. The summed E-state index contributed by atoms with van der Waals surface area (Å²) in [6, 6.07) is 14.2. The van der Waals surface area contributed by atoms with Crippen molar-refractivity contribution in [3.05, 3.63) is 58.6 Å². The summed E-state index contributed by atoms with van der Waals surface area (Å²) in [4.78, 5) is 16.2. The molecule has 27 heavy (non-hydrogen) atoms. The third-order valence-corrected chi connectivity index (χ3v) is 5.51. The molecule has 0 N–H and O–H groups in total. The number of carbonyl (C=O) groups excluding carboxylic acids is 1. The van der Waals surface area contributed by atoms with Crippen molar-refractivity contribution in [3.63, 3.8) is 0 Å². The van der Waals surface area contributed by atoms with Gasteiger partial charge < -0.3 is 19.3 Å². The molecule has 2 aliphatic rings. The van der Waals surface area contributed by atoms with Crippen LogP contribution in [0.4, 0.5) is 11.4 Å². The van der Waals surface area contributed by atoms with Crippen LogP contribution in [-0.4, -0.2) is 38.5 Å². The molecule has 2 heterocycles. The highest BCUT2D eigenvalue weighted by Crippen LogP contribution is 2.38. The van der Waals surface area contributed by atoms with Crippen LogP contribution < -0.4 is 9.80 Å². The topological polar surface area (TPSA) is 42.0 Å². The minimum atomic E-state index is 0.0115. The van der Waals surface area contributed by atoms with Gasteiger partial charge in [0.1, 0.15) is 13.3 Å². The molecule has 2 aliphatic heterocycles. The molecule has 2 saturated heterocycles. The molecule has 2 aromatic rings. The average Bonchev–Trinajstić information content (AvgIpc) is 3.04. The first-order valence-corrected chi connectivity index (χ1v) is 9.55. The summed E-state index contributed by atoms with van der Waals surface area (Å²) in [5, 5.41) is 0.721. The Bertz CT molecular complexity index is 840. The monoisotopic (exact) mass is 386 g/mol. The lowest BCUT2D eigenvalue weighted by Crippen LogP contribution is -2.42. The number of hydrogen-bond acceptors (Lipinski definition) is 4. The van der Waals surface area contributed by atoms with Crippen LogP contribution in [0.2, 0.25) is 5.02 Å². The predicted molar refractivity (Wildman–Crippen MR) is 106 cm³/mol. The van der Waals surface area contributed by atoms with Crippen LogP contribution in [0.25, 0.3) is 0 Å². The summed E-state index contributed by atoms with van der Waals surface area (Å²) in [6.07, 6.45) is 0.0657. The normalized spacial score (nSPS) is 23.1. The minimum absolute atomic E-state index is 0.0115. The number of hydrogen-bond donors (Lipinski definition) is 0. The maximum absolute atomic E-state index is 12.2. The van der Waals surface area contributed by atoms with Gasteiger partial charge in [-0.25, -0.2) is 0 Å². The molecule has 2 aromatic carbocycles. The van der Waals surface area contributed by atoms with E-state index in [1.54, 1.807) is 0 Å². The molecule has 0 aromatic heterocycles. The molecular weight excluding hydrogens is 364 g/mol. The molecular formula is C21H23ClN2O3. The molecule has 1 amide bonds. The quantitative estimate of drug-likeness (QED) is 0.801. The molecule has 2 atom stereocenters. The minimum Gasteiger partial charge on any atom is -0.370 e. The molecule has 0 radical (unpaired) electrons. The van der Waals surface area contributed by atoms with Crippen molar-refractivity contribution in [1.29, 1.82) is 0 Å². The van der Waals surface area contributed by atoms with Gasteiger partial charge in [-0.3, -0.25) is 4.79 Å². The van der Waals surface area contributed by atoms with Crippen molar-refractivity contribution in [1.82, 2.24) is 0 Å². The van der Waals surface area contributed by atoms with Crippen molar-refractivity contribution in [2.75, 3.05) is 36.3 Å².